The van der Waals surface area contributed by atoms with Gasteiger partial charge in [0, 0.05) is 44.5 Å². The Balaban J connectivity index is 1.93. The van der Waals surface area contributed by atoms with Crippen LogP contribution >= 0.6 is 0 Å². The summed E-state index contributed by atoms with van der Waals surface area (Å²) < 4.78 is 6.80. The first-order valence-corrected chi connectivity index (χ1v) is 6.41. The lowest BCUT2D eigenvalue weighted by Crippen LogP contribution is -2.17. The van der Waals surface area contributed by atoms with Gasteiger partial charge in [0.05, 0.1) is 0 Å². The molecule has 5 heteroatoms. The van der Waals surface area contributed by atoms with Crippen molar-refractivity contribution in [1.82, 2.24) is 4.57 Å². The van der Waals surface area contributed by atoms with E-state index in [1.165, 1.54) is 12.7 Å². The number of methoxy groups -OCH3 is 1. The third kappa shape index (κ3) is 4.13. The highest BCUT2D eigenvalue weighted by Gasteiger charge is 2.02. The number of hydrogen-bond acceptors (Lipinski definition) is 3. The molecule has 2 rings (SSSR count). The highest BCUT2D eigenvalue weighted by Crippen LogP contribution is 2.16. The van der Waals surface area contributed by atoms with Crippen LogP contribution in [0.15, 0.2) is 42.7 Å². The van der Waals surface area contributed by atoms with Gasteiger partial charge < -0.3 is 19.9 Å². The molecule has 2 aromatic rings. The lowest BCUT2D eigenvalue weighted by atomic mass is 10.2. The lowest BCUT2D eigenvalue weighted by molar-refractivity contribution is -0.119. The third-order valence-corrected chi connectivity index (χ3v) is 2.81. The number of ether oxygens (including phenoxy) is 1. The van der Waals surface area contributed by atoms with Gasteiger partial charge in [-0.3, -0.25) is 4.79 Å². The van der Waals surface area contributed by atoms with Crippen LogP contribution in [0.25, 0.3) is 0 Å². The molecule has 0 saturated heterocycles. The summed E-state index contributed by atoms with van der Waals surface area (Å²) in [4.78, 5) is 11.4. The average Bonchev–Trinajstić information content (AvgIpc) is 2.83. The number of nitrogens with zero attached hydrogens (tertiary/aromatic N) is 1. The Kier molecular flexibility index (Phi) is 4.79. The molecule has 0 fully saturated rings. The quantitative estimate of drug-likeness (QED) is 0.848. The number of nitrogens with one attached hydrogen (secondary N) is 2. The van der Waals surface area contributed by atoms with Gasteiger partial charge in [0.2, 0.25) is 5.91 Å². The minimum absolute atomic E-state index is 0.0572. The molecule has 0 bridgehead atoms. The number of anilines is 2. The molecule has 0 atom stereocenters. The average molecular weight is 273 g/mol. The summed E-state index contributed by atoms with van der Waals surface area (Å²) in [5.41, 5.74) is 2.93. The van der Waals surface area contributed by atoms with E-state index in [1.54, 1.807) is 0 Å². The van der Waals surface area contributed by atoms with Crippen molar-refractivity contribution in [2.75, 3.05) is 24.4 Å². The molecule has 1 heterocycles. The van der Waals surface area contributed by atoms with E-state index >= 15 is 0 Å². The van der Waals surface area contributed by atoms with Gasteiger partial charge >= 0.3 is 0 Å². The van der Waals surface area contributed by atoms with Crippen molar-refractivity contribution in [3.63, 3.8) is 0 Å². The van der Waals surface area contributed by atoms with E-state index in [0.717, 1.165) is 17.9 Å². The molecule has 0 saturated carbocycles. The minimum atomic E-state index is -0.160. The number of rotatable bonds is 6. The maximum absolute atomic E-state index is 11.4. The molecular formula is C15H19N3O2. The van der Waals surface area contributed by atoms with Crippen molar-refractivity contribution in [3.8, 4) is 0 Å². The summed E-state index contributed by atoms with van der Waals surface area (Å²) >= 11 is 0. The van der Waals surface area contributed by atoms with Gasteiger partial charge in [-0.15, -0.1) is 0 Å². The number of amides is 1. The van der Waals surface area contributed by atoms with Gasteiger partial charge in [0.15, 0.2) is 0 Å². The van der Waals surface area contributed by atoms with Gasteiger partial charge in [0.25, 0.3) is 0 Å². The Labute approximate surface area is 118 Å². The fourth-order valence-electron chi connectivity index (χ4n) is 1.90. The Morgan fingerprint density at radius 3 is 2.80 bits per heavy atom. The molecule has 1 aromatic carbocycles. The Morgan fingerprint density at radius 2 is 2.10 bits per heavy atom. The Morgan fingerprint density at radius 1 is 1.30 bits per heavy atom. The van der Waals surface area contributed by atoms with Gasteiger partial charge in [-0.1, -0.05) is 6.07 Å². The van der Waals surface area contributed by atoms with Gasteiger partial charge in [-0.25, -0.2) is 0 Å². The number of hydrogen-bond donors (Lipinski definition) is 2. The summed E-state index contributed by atoms with van der Waals surface area (Å²) in [6.45, 7) is 0.804. The van der Waals surface area contributed by atoms with Crippen molar-refractivity contribution in [3.05, 3.63) is 48.3 Å². The molecule has 2 N–H and O–H groups in total. The molecular weight excluding hydrogens is 254 g/mol. The standard InChI is InChI=1S/C15H19N3O2/c1-18-7-6-12(10-18)9-16-13-4-3-5-14(8-13)17-15(19)11-20-2/h3-8,10,16H,9,11H2,1-2H3,(H,17,19). The maximum atomic E-state index is 11.4. The first kappa shape index (κ1) is 14.1. The van der Waals surface area contributed by atoms with Gasteiger partial charge in [-0.2, -0.15) is 0 Å². The van der Waals surface area contributed by atoms with E-state index in [2.05, 4.69) is 22.9 Å². The van der Waals surface area contributed by atoms with Crippen LogP contribution in [-0.2, 0) is 23.1 Å². The van der Waals surface area contributed by atoms with Crippen LogP contribution in [0, 0.1) is 0 Å². The molecule has 0 spiro atoms. The third-order valence-electron chi connectivity index (χ3n) is 2.81. The number of benzene rings is 1. The zero-order valence-corrected chi connectivity index (χ0v) is 11.7. The van der Waals surface area contributed by atoms with Crippen LogP contribution in [0.1, 0.15) is 5.56 Å². The number of carbonyl (C=O) groups excluding carboxylic acids is 1. The van der Waals surface area contributed by atoms with Crippen molar-refractivity contribution < 1.29 is 9.53 Å². The SMILES string of the molecule is COCC(=O)Nc1cccc(NCc2ccn(C)c2)c1. The molecule has 1 aromatic heterocycles. The van der Waals surface area contributed by atoms with Crippen LogP contribution in [-0.4, -0.2) is 24.2 Å². The Hall–Kier alpha value is -2.27. The molecule has 0 aliphatic rings. The van der Waals surface area contributed by atoms with E-state index in [9.17, 15) is 4.79 Å². The van der Waals surface area contributed by atoms with Crippen LogP contribution in [0.3, 0.4) is 0 Å². The molecule has 20 heavy (non-hydrogen) atoms. The molecule has 0 aliphatic heterocycles. The number of aromatic nitrogens is 1. The second-order valence-electron chi connectivity index (χ2n) is 4.60. The zero-order chi connectivity index (χ0) is 14.4. The highest BCUT2D eigenvalue weighted by molar-refractivity contribution is 5.92. The number of carbonyl (C=O) groups is 1. The van der Waals surface area contributed by atoms with E-state index in [1.807, 2.05) is 42.1 Å². The van der Waals surface area contributed by atoms with Gasteiger partial charge in [-0.05, 0) is 29.8 Å². The van der Waals surface area contributed by atoms with Crippen molar-refractivity contribution in [2.24, 2.45) is 7.05 Å². The normalized spacial score (nSPS) is 10.3. The van der Waals surface area contributed by atoms with Crippen molar-refractivity contribution >= 4 is 17.3 Å². The summed E-state index contributed by atoms with van der Waals surface area (Å²) in [5, 5.41) is 6.10. The van der Waals surface area contributed by atoms with E-state index in [0.29, 0.717) is 0 Å². The molecule has 0 unspecified atom stereocenters. The molecule has 5 nitrogen and oxygen atoms in total. The van der Waals surface area contributed by atoms with Crippen molar-refractivity contribution in [2.45, 2.75) is 6.54 Å². The van der Waals surface area contributed by atoms with E-state index < -0.39 is 0 Å². The monoisotopic (exact) mass is 273 g/mol. The topological polar surface area (TPSA) is 55.3 Å². The summed E-state index contributed by atoms with van der Waals surface area (Å²) in [6, 6.07) is 9.68. The van der Waals surface area contributed by atoms with Gasteiger partial charge in [0.1, 0.15) is 6.61 Å². The number of aryl methyl sites for hydroxylation is 1. The first-order chi connectivity index (χ1) is 9.67. The summed E-state index contributed by atoms with van der Waals surface area (Å²) in [5.74, 6) is -0.160. The van der Waals surface area contributed by atoms with E-state index in [4.69, 9.17) is 4.74 Å². The Bertz CT molecular complexity index is 578. The minimum Gasteiger partial charge on any atom is -0.381 e. The zero-order valence-electron chi connectivity index (χ0n) is 11.7. The largest absolute Gasteiger partial charge is 0.381 e. The fraction of sp³-hybridized carbons (Fsp3) is 0.267. The molecule has 0 radical (unpaired) electrons. The molecule has 0 aliphatic carbocycles. The summed E-state index contributed by atoms with van der Waals surface area (Å²) in [6.07, 6.45) is 4.08. The second kappa shape index (κ2) is 6.77. The van der Waals surface area contributed by atoms with Crippen LogP contribution in [0.5, 0.6) is 0 Å². The maximum Gasteiger partial charge on any atom is 0.250 e. The predicted octanol–water partition coefficient (Wildman–Crippen LogP) is 2.22. The first-order valence-electron chi connectivity index (χ1n) is 6.41. The van der Waals surface area contributed by atoms with Crippen LogP contribution in [0.2, 0.25) is 0 Å². The predicted molar refractivity (Wildman–Crippen MR) is 79.7 cm³/mol. The molecule has 106 valence electrons. The molecule has 1 amide bonds. The van der Waals surface area contributed by atoms with Crippen LogP contribution < -0.4 is 10.6 Å². The summed E-state index contributed by atoms with van der Waals surface area (Å²) in [7, 11) is 3.49. The highest BCUT2D eigenvalue weighted by atomic mass is 16.5. The van der Waals surface area contributed by atoms with E-state index in [-0.39, 0.29) is 12.5 Å². The second-order valence-corrected chi connectivity index (χ2v) is 4.60. The smallest absolute Gasteiger partial charge is 0.250 e. The fourth-order valence-corrected chi connectivity index (χ4v) is 1.90. The lowest BCUT2D eigenvalue weighted by Gasteiger charge is -2.09. The van der Waals surface area contributed by atoms with Crippen molar-refractivity contribution in [1.29, 1.82) is 0 Å². The van der Waals surface area contributed by atoms with Crippen LogP contribution in [0.4, 0.5) is 11.4 Å².